The van der Waals surface area contributed by atoms with Gasteiger partial charge in [-0.3, -0.25) is 0 Å². The molecule has 0 atom stereocenters. The van der Waals surface area contributed by atoms with Crippen molar-refractivity contribution in [1.29, 1.82) is 0 Å². The Kier molecular flexibility index (Phi) is 8.27. The van der Waals surface area contributed by atoms with Gasteiger partial charge in [0.2, 0.25) is 0 Å². The predicted molar refractivity (Wildman–Crippen MR) is 103 cm³/mol. The van der Waals surface area contributed by atoms with E-state index >= 15 is 0 Å². The Morgan fingerprint density at radius 1 is 0.885 bits per heavy atom. The number of unbranched alkanes of at least 4 members (excludes halogenated alkanes) is 2. The molecular formula is C22H26O4. The lowest BCUT2D eigenvalue weighted by molar-refractivity contribution is 0.0734. The van der Waals surface area contributed by atoms with Gasteiger partial charge in [0.1, 0.15) is 17.2 Å². The van der Waals surface area contributed by atoms with Gasteiger partial charge in [-0.1, -0.05) is 25.8 Å². The molecule has 4 heteroatoms. The summed E-state index contributed by atoms with van der Waals surface area (Å²) in [4.78, 5) is 12.2. The minimum absolute atomic E-state index is 0.403. The number of ether oxygens (including phenoxy) is 3. The first-order valence-electron chi connectivity index (χ1n) is 9.01. The topological polar surface area (TPSA) is 44.8 Å². The third-order valence-corrected chi connectivity index (χ3v) is 3.73. The van der Waals surface area contributed by atoms with E-state index in [0.29, 0.717) is 30.3 Å². The molecule has 138 valence electrons. The highest BCUT2D eigenvalue weighted by Gasteiger charge is 2.09. The predicted octanol–water partition coefficient (Wildman–Crippen LogP) is 5.43. The number of benzene rings is 2. The number of carbonyl (C=O) groups excluding carboxylic acids is 1. The van der Waals surface area contributed by atoms with Crippen LogP contribution in [0.15, 0.2) is 61.2 Å². The molecular weight excluding hydrogens is 328 g/mol. The second-order valence-corrected chi connectivity index (χ2v) is 5.87. The van der Waals surface area contributed by atoms with E-state index < -0.39 is 5.97 Å². The summed E-state index contributed by atoms with van der Waals surface area (Å²) in [5.41, 5.74) is 0.473. The molecule has 0 aromatic heterocycles. The van der Waals surface area contributed by atoms with Gasteiger partial charge >= 0.3 is 5.97 Å². The van der Waals surface area contributed by atoms with Crippen molar-refractivity contribution in [3.63, 3.8) is 0 Å². The second kappa shape index (κ2) is 11.0. The Morgan fingerprint density at radius 3 is 2.08 bits per heavy atom. The van der Waals surface area contributed by atoms with E-state index in [4.69, 9.17) is 14.2 Å². The van der Waals surface area contributed by atoms with Gasteiger partial charge in [0.05, 0.1) is 18.8 Å². The molecule has 0 aliphatic carbocycles. The lowest BCUT2D eigenvalue weighted by Crippen LogP contribution is -2.08. The molecule has 0 aliphatic heterocycles. The molecule has 0 saturated carbocycles. The van der Waals surface area contributed by atoms with Crippen LogP contribution in [0, 0.1) is 0 Å². The van der Waals surface area contributed by atoms with Crippen LogP contribution in [-0.2, 0) is 0 Å². The molecule has 0 amide bonds. The highest BCUT2D eigenvalue weighted by Crippen LogP contribution is 2.20. The molecule has 2 aromatic carbocycles. The van der Waals surface area contributed by atoms with E-state index in [0.717, 1.165) is 25.0 Å². The molecule has 0 N–H and O–H groups in total. The van der Waals surface area contributed by atoms with E-state index in [2.05, 4.69) is 13.5 Å². The third-order valence-electron chi connectivity index (χ3n) is 3.73. The molecule has 0 spiro atoms. The standard InChI is InChI=1S/C22H26O4/c1-3-5-7-17-25-20-12-14-21(15-13-20)26-22(23)18-8-10-19(11-9-18)24-16-6-4-2/h4,8-15H,2-3,5-7,16-17H2,1H3. The summed E-state index contributed by atoms with van der Waals surface area (Å²) in [5.74, 6) is 1.58. The van der Waals surface area contributed by atoms with Crippen LogP contribution in [0.2, 0.25) is 0 Å². The lowest BCUT2D eigenvalue weighted by atomic mass is 10.2. The summed E-state index contributed by atoms with van der Waals surface area (Å²) in [5, 5.41) is 0. The summed E-state index contributed by atoms with van der Waals surface area (Å²) in [6.07, 6.45) is 5.95. The average molecular weight is 354 g/mol. The van der Waals surface area contributed by atoms with Gasteiger partial charge in [0.15, 0.2) is 0 Å². The zero-order valence-electron chi connectivity index (χ0n) is 15.3. The van der Waals surface area contributed by atoms with Crippen molar-refractivity contribution in [3.05, 3.63) is 66.7 Å². The molecule has 2 aromatic rings. The highest BCUT2D eigenvalue weighted by atomic mass is 16.5. The van der Waals surface area contributed by atoms with Gasteiger partial charge in [-0.2, -0.15) is 0 Å². The molecule has 4 nitrogen and oxygen atoms in total. The van der Waals surface area contributed by atoms with Crippen molar-refractivity contribution in [1.82, 2.24) is 0 Å². The Hall–Kier alpha value is -2.75. The van der Waals surface area contributed by atoms with E-state index in [1.54, 1.807) is 42.5 Å². The number of hydrogen-bond donors (Lipinski definition) is 0. The fourth-order valence-corrected chi connectivity index (χ4v) is 2.26. The highest BCUT2D eigenvalue weighted by molar-refractivity contribution is 5.91. The first-order chi connectivity index (χ1) is 12.7. The molecule has 0 bridgehead atoms. The molecule has 0 aliphatic rings. The summed E-state index contributed by atoms with van der Waals surface area (Å²) in [6.45, 7) is 7.08. The Morgan fingerprint density at radius 2 is 1.46 bits per heavy atom. The largest absolute Gasteiger partial charge is 0.494 e. The normalized spacial score (nSPS) is 10.2. The van der Waals surface area contributed by atoms with E-state index in [-0.39, 0.29) is 0 Å². The van der Waals surface area contributed by atoms with Gasteiger partial charge in [0.25, 0.3) is 0 Å². The van der Waals surface area contributed by atoms with Gasteiger partial charge in [0, 0.05) is 0 Å². The SMILES string of the molecule is C=CCCOc1ccc(C(=O)Oc2ccc(OCCCCC)cc2)cc1. The summed E-state index contributed by atoms with van der Waals surface area (Å²) < 4.78 is 16.6. The summed E-state index contributed by atoms with van der Waals surface area (Å²) in [7, 11) is 0. The fourth-order valence-electron chi connectivity index (χ4n) is 2.26. The van der Waals surface area contributed by atoms with Gasteiger partial charge in [-0.05, 0) is 61.4 Å². The molecule has 26 heavy (non-hydrogen) atoms. The van der Waals surface area contributed by atoms with Crippen molar-refractivity contribution in [3.8, 4) is 17.2 Å². The summed E-state index contributed by atoms with van der Waals surface area (Å²) in [6, 6.07) is 14.0. The maximum Gasteiger partial charge on any atom is 0.343 e. The van der Waals surface area contributed by atoms with Crippen molar-refractivity contribution in [2.75, 3.05) is 13.2 Å². The van der Waals surface area contributed by atoms with Gasteiger partial charge in [-0.15, -0.1) is 6.58 Å². The minimum Gasteiger partial charge on any atom is -0.494 e. The van der Waals surface area contributed by atoms with Crippen LogP contribution in [0.4, 0.5) is 0 Å². The maximum absolute atomic E-state index is 12.2. The van der Waals surface area contributed by atoms with Crippen LogP contribution in [0.1, 0.15) is 43.0 Å². The van der Waals surface area contributed by atoms with Crippen molar-refractivity contribution < 1.29 is 19.0 Å². The van der Waals surface area contributed by atoms with Gasteiger partial charge < -0.3 is 14.2 Å². The van der Waals surface area contributed by atoms with Crippen LogP contribution in [0.3, 0.4) is 0 Å². The number of rotatable bonds is 11. The first-order valence-corrected chi connectivity index (χ1v) is 9.01. The molecule has 0 heterocycles. The monoisotopic (exact) mass is 354 g/mol. The third kappa shape index (κ3) is 6.63. The number of hydrogen-bond acceptors (Lipinski definition) is 4. The van der Waals surface area contributed by atoms with Crippen molar-refractivity contribution >= 4 is 5.97 Å². The summed E-state index contributed by atoms with van der Waals surface area (Å²) >= 11 is 0. The molecule has 0 radical (unpaired) electrons. The first kappa shape index (κ1) is 19.6. The van der Waals surface area contributed by atoms with E-state index in [9.17, 15) is 4.79 Å². The van der Waals surface area contributed by atoms with E-state index in [1.807, 2.05) is 12.1 Å². The van der Waals surface area contributed by atoms with Crippen molar-refractivity contribution in [2.45, 2.75) is 32.6 Å². The Balaban J connectivity index is 1.83. The quantitative estimate of drug-likeness (QED) is 0.234. The number of carbonyl (C=O) groups is 1. The zero-order chi connectivity index (χ0) is 18.6. The van der Waals surface area contributed by atoms with Crippen molar-refractivity contribution in [2.24, 2.45) is 0 Å². The molecule has 0 fully saturated rings. The minimum atomic E-state index is -0.403. The average Bonchev–Trinajstić information content (AvgIpc) is 2.67. The zero-order valence-corrected chi connectivity index (χ0v) is 15.3. The molecule has 0 unspecified atom stereocenters. The Labute approximate surface area is 155 Å². The van der Waals surface area contributed by atoms with Crippen LogP contribution >= 0.6 is 0 Å². The molecule has 0 saturated heterocycles. The lowest BCUT2D eigenvalue weighted by Gasteiger charge is -2.08. The fraction of sp³-hybridized carbons (Fsp3) is 0.318. The van der Waals surface area contributed by atoms with E-state index in [1.165, 1.54) is 6.42 Å². The van der Waals surface area contributed by atoms with Crippen LogP contribution in [0.5, 0.6) is 17.2 Å². The smallest absolute Gasteiger partial charge is 0.343 e. The van der Waals surface area contributed by atoms with Crippen LogP contribution < -0.4 is 14.2 Å². The van der Waals surface area contributed by atoms with Crippen LogP contribution in [0.25, 0.3) is 0 Å². The number of esters is 1. The second-order valence-electron chi connectivity index (χ2n) is 5.87. The maximum atomic E-state index is 12.2. The Bertz CT molecular complexity index is 674. The van der Waals surface area contributed by atoms with Crippen LogP contribution in [-0.4, -0.2) is 19.2 Å². The molecule has 2 rings (SSSR count). The van der Waals surface area contributed by atoms with Gasteiger partial charge in [-0.25, -0.2) is 4.79 Å².